The van der Waals surface area contributed by atoms with Gasteiger partial charge in [0.1, 0.15) is 17.4 Å². The fourth-order valence-corrected chi connectivity index (χ4v) is 2.12. The minimum absolute atomic E-state index is 0.226. The zero-order chi connectivity index (χ0) is 16.2. The van der Waals surface area contributed by atoms with E-state index < -0.39 is 5.56 Å². The smallest absolute Gasteiger partial charge is 0.276 e. The third-order valence-electron chi connectivity index (χ3n) is 3.17. The summed E-state index contributed by atoms with van der Waals surface area (Å²) in [4.78, 5) is 20.0. The third kappa shape index (κ3) is 3.13. The Hall–Kier alpha value is -3.35. The summed E-state index contributed by atoms with van der Waals surface area (Å²) >= 11 is 0. The van der Waals surface area contributed by atoms with Crippen molar-refractivity contribution in [3.05, 3.63) is 65.1 Å². The summed E-state index contributed by atoms with van der Waals surface area (Å²) in [7, 11) is 1.56. The molecule has 0 aliphatic carbocycles. The molecule has 0 fully saturated rings. The molecule has 0 bridgehead atoms. The van der Waals surface area contributed by atoms with Crippen molar-refractivity contribution in [2.75, 3.05) is 18.2 Å². The second kappa shape index (κ2) is 6.18. The molecule has 7 nitrogen and oxygen atoms in total. The van der Waals surface area contributed by atoms with E-state index in [2.05, 4.69) is 15.3 Å². The van der Waals surface area contributed by atoms with Gasteiger partial charge in [-0.05, 0) is 18.2 Å². The van der Waals surface area contributed by atoms with E-state index in [4.69, 9.17) is 10.5 Å². The highest BCUT2D eigenvalue weighted by Gasteiger charge is 2.12. The predicted octanol–water partition coefficient (Wildman–Crippen LogP) is 1.96. The molecule has 0 aliphatic heterocycles. The monoisotopic (exact) mass is 309 g/mol. The molecule has 2 aromatic heterocycles. The van der Waals surface area contributed by atoms with E-state index in [1.807, 2.05) is 30.3 Å². The van der Waals surface area contributed by atoms with Gasteiger partial charge in [-0.3, -0.25) is 4.79 Å². The summed E-state index contributed by atoms with van der Waals surface area (Å²) in [5.74, 6) is 1.62. The van der Waals surface area contributed by atoms with Crippen LogP contribution in [0.1, 0.15) is 0 Å². The summed E-state index contributed by atoms with van der Waals surface area (Å²) in [6, 6.07) is 14.0. The molecular weight excluding hydrogens is 294 g/mol. The summed E-state index contributed by atoms with van der Waals surface area (Å²) in [5.41, 5.74) is 6.35. The molecule has 116 valence electrons. The fraction of sp³-hybridized carbons (Fsp3) is 0.0625. The number of rotatable bonds is 4. The first kappa shape index (κ1) is 14.6. The molecule has 0 spiro atoms. The lowest BCUT2D eigenvalue weighted by Crippen LogP contribution is -2.19. The van der Waals surface area contributed by atoms with Gasteiger partial charge in [0.05, 0.1) is 7.11 Å². The van der Waals surface area contributed by atoms with E-state index in [-0.39, 0.29) is 11.8 Å². The van der Waals surface area contributed by atoms with Crippen LogP contribution in [0.15, 0.2) is 59.5 Å². The van der Waals surface area contributed by atoms with Crippen LogP contribution in [0.4, 0.5) is 17.5 Å². The standard InChI is InChI=1S/C16H15N5O2/c1-23-12-7-8-18-14(9-12)21-13(17)10-15(22)20-16(21)19-11-5-3-2-4-6-11/h2-10H,17H2,1H3,(H,19,20,22). The van der Waals surface area contributed by atoms with Crippen molar-refractivity contribution in [3.63, 3.8) is 0 Å². The van der Waals surface area contributed by atoms with E-state index in [1.54, 1.807) is 30.0 Å². The number of para-hydroxylation sites is 1. The number of nitrogen functional groups attached to an aromatic ring is 1. The van der Waals surface area contributed by atoms with Crippen LogP contribution in [-0.2, 0) is 0 Å². The van der Waals surface area contributed by atoms with Crippen molar-refractivity contribution >= 4 is 17.5 Å². The first-order valence-corrected chi connectivity index (χ1v) is 6.89. The van der Waals surface area contributed by atoms with Gasteiger partial charge in [0.2, 0.25) is 5.95 Å². The van der Waals surface area contributed by atoms with Gasteiger partial charge in [-0.25, -0.2) is 9.55 Å². The fourth-order valence-electron chi connectivity index (χ4n) is 2.12. The highest BCUT2D eigenvalue weighted by atomic mass is 16.5. The number of pyridine rings is 1. The molecule has 0 saturated carbocycles. The lowest BCUT2D eigenvalue weighted by atomic mass is 10.3. The van der Waals surface area contributed by atoms with Crippen molar-refractivity contribution in [1.82, 2.24) is 14.5 Å². The molecule has 0 unspecified atom stereocenters. The van der Waals surface area contributed by atoms with Crippen LogP contribution in [0.2, 0.25) is 0 Å². The van der Waals surface area contributed by atoms with Crippen molar-refractivity contribution in [2.45, 2.75) is 0 Å². The van der Waals surface area contributed by atoms with E-state index in [9.17, 15) is 4.79 Å². The molecule has 0 radical (unpaired) electrons. The van der Waals surface area contributed by atoms with Crippen LogP contribution in [0, 0.1) is 0 Å². The number of benzene rings is 1. The number of nitrogens with two attached hydrogens (primary N) is 1. The summed E-state index contributed by atoms with van der Waals surface area (Å²) in [5, 5.41) is 3.08. The Morgan fingerprint density at radius 1 is 1.17 bits per heavy atom. The minimum atomic E-state index is -0.430. The highest BCUT2D eigenvalue weighted by molar-refractivity contribution is 5.58. The maximum absolute atomic E-state index is 11.7. The Balaban J connectivity index is 2.13. The van der Waals surface area contributed by atoms with E-state index >= 15 is 0 Å². The summed E-state index contributed by atoms with van der Waals surface area (Å²) < 4.78 is 6.75. The Bertz CT molecular complexity index is 877. The largest absolute Gasteiger partial charge is 0.497 e. The number of nitrogens with zero attached hydrogens (tertiary/aromatic N) is 3. The zero-order valence-corrected chi connectivity index (χ0v) is 12.4. The molecule has 1 aromatic carbocycles. The molecule has 2 heterocycles. The second-order valence-electron chi connectivity index (χ2n) is 4.72. The quantitative estimate of drug-likeness (QED) is 0.765. The second-order valence-corrected chi connectivity index (χ2v) is 4.72. The van der Waals surface area contributed by atoms with Gasteiger partial charge in [0, 0.05) is 24.0 Å². The molecule has 3 rings (SSSR count). The molecule has 3 aromatic rings. The van der Waals surface area contributed by atoms with Crippen LogP contribution in [-0.4, -0.2) is 21.6 Å². The van der Waals surface area contributed by atoms with Crippen LogP contribution in [0.3, 0.4) is 0 Å². The van der Waals surface area contributed by atoms with Gasteiger partial charge in [-0.15, -0.1) is 0 Å². The number of hydrogen-bond acceptors (Lipinski definition) is 6. The van der Waals surface area contributed by atoms with Crippen molar-refractivity contribution in [3.8, 4) is 11.6 Å². The first-order chi connectivity index (χ1) is 11.2. The van der Waals surface area contributed by atoms with Crippen molar-refractivity contribution in [2.24, 2.45) is 0 Å². The normalized spacial score (nSPS) is 10.3. The number of aromatic nitrogens is 3. The molecule has 7 heteroatoms. The average molecular weight is 309 g/mol. The van der Waals surface area contributed by atoms with E-state index in [0.717, 1.165) is 5.69 Å². The van der Waals surface area contributed by atoms with Gasteiger partial charge in [-0.1, -0.05) is 18.2 Å². The molecule has 0 saturated heterocycles. The molecule has 23 heavy (non-hydrogen) atoms. The van der Waals surface area contributed by atoms with Crippen molar-refractivity contribution < 1.29 is 4.74 Å². The van der Waals surface area contributed by atoms with Gasteiger partial charge in [-0.2, -0.15) is 4.98 Å². The average Bonchev–Trinajstić information content (AvgIpc) is 2.55. The Kier molecular flexibility index (Phi) is 3.92. The van der Waals surface area contributed by atoms with Crippen LogP contribution in [0.5, 0.6) is 5.75 Å². The zero-order valence-electron chi connectivity index (χ0n) is 12.4. The highest BCUT2D eigenvalue weighted by Crippen LogP contribution is 2.22. The van der Waals surface area contributed by atoms with Crippen LogP contribution in [0.25, 0.3) is 5.82 Å². The maximum Gasteiger partial charge on any atom is 0.276 e. The molecule has 0 atom stereocenters. The minimum Gasteiger partial charge on any atom is -0.497 e. The number of anilines is 3. The molecular formula is C16H15N5O2. The predicted molar refractivity (Wildman–Crippen MR) is 88.3 cm³/mol. The van der Waals surface area contributed by atoms with Crippen molar-refractivity contribution in [1.29, 1.82) is 0 Å². The van der Waals surface area contributed by atoms with Crippen LogP contribution < -0.4 is 21.3 Å². The Labute approximate surface area is 132 Å². The van der Waals surface area contributed by atoms with Gasteiger partial charge in [0.25, 0.3) is 5.56 Å². The van der Waals surface area contributed by atoms with Gasteiger partial charge < -0.3 is 15.8 Å². The number of hydrogen-bond donors (Lipinski definition) is 2. The Morgan fingerprint density at radius 2 is 1.96 bits per heavy atom. The lowest BCUT2D eigenvalue weighted by molar-refractivity contribution is 0.414. The molecule has 0 amide bonds. The summed E-state index contributed by atoms with van der Waals surface area (Å²) in [6.07, 6.45) is 1.60. The topological polar surface area (TPSA) is 95.1 Å². The number of methoxy groups -OCH3 is 1. The SMILES string of the molecule is COc1ccnc(-n2c(N)cc(=O)nc2Nc2ccccc2)c1. The van der Waals surface area contributed by atoms with E-state index in [1.165, 1.54) is 6.07 Å². The van der Waals surface area contributed by atoms with Gasteiger partial charge >= 0.3 is 0 Å². The molecule has 3 N–H and O–H groups in total. The van der Waals surface area contributed by atoms with Crippen LogP contribution >= 0.6 is 0 Å². The lowest BCUT2D eigenvalue weighted by Gasteiger charge is -2.15. The number of nitrogens with one attached hydrogen (secondary N) is 1. The molecule has 0 aliphatic rings. The summed E-state index contributed by atoms with van der Waals surface area (Å²) in [6.45, 7) is 0. The Morgan fingerprint density at radius 3 is 2.70 bits per heavy atom. The first-order valence-electron chi connectivity index (χ1n) is 6.89. The van der Waals surface area contributed by atoms with E-state index in [0.29, 0.717) is 11.6 Å². The third-order valence-corrected chi connectivity index (χ3v) is 3.17. The number of ether oxygens (including phenoxy) is 1. The maximum atomic E-state index is 11.7. The van der Waals surface area contributed by atoms with Gasteiger partial charge in [0.15, 0.2) is 0 Å².